The van der Waals surface area contributed by atoms with Gasteiger partial charge in [0.15, 0.2) is 9.74 Å². The van der Waals surface area contributed by atoms with Crippen LogP contribution in [0, 0.1) is 11.8 Å². The third kappa shape index (κ3) is 1.94. The van der Waals surface area contributed by atoms with Crippen molar-refractivity contribution in [2.24, 2.45) is 11.8 Å². The van der Waals surface area contributed by atoms with Crippen molar-refractivity contribution in [1.82, 2.24) is 9.80 Å². The van der Waals surface area contributed by atoms with Crippen molar-refractivity contribution in [2.45, 2.75) is 77.5 Å². The van der Waals surface area contributed by atoms with E-state index in [9.17, 15) is 29.7 Å². The van der Waals surface area contributed by atoms with E-state index < -0.39 is 46.1 Å². The Bertz CT molecular complexity index is 838. The molecule has 10 atom stereocenters. The summed E-state index contributed by atoms with van der Waals surface area (Å²) in [6, 6.07) is -1.25. The molecule has 0 spiro atoms. The van der Waals surface area contributed by atoms with Crippen molar-refractivity contribution >= 4 is 41.1 Å². The molecule has 3 N–H and O–H groups in total. The van der Waals surface area contributed by atoms with Crippen LogP contribution in [-0.2, 0) is 14.4 Å². The Morgan fingerprint density at radius 3 is 2.52 bits per heavy atom. The molecule has 158 valence electrons. The lowest BCUT2D eigenvalue weighted by molar-refractivity contribution is -0.172. The molecule has 10 unspecified atom stereocenters. The number of Topliss-reactive ketones (excluding diaryl/α,β-unsaturated/α-hetero) is 1. The smallest absolute Gasteiger partial charge is 0.261 e. The van der Waals surface area contributed by atoms with E-state index in [-0.39, 0.29) is 41.6 Å². The maximum Gasteiger partial charge on any atom is 0.261 e. The van der Waals surface area contributed by atoms with Crippen molar-refractivity contribution in [3.8, 4) is 0 Å². The topological polar surface area (TPSA) is 118 Å². The van der Waals surface area contributed by atoms with Crippen molar-refractivity contribution in [1.29, 1.82) is 0 Å². The number of fused-ring (bicyclic) bond motifs is 4. The van der Waals surface area contributed by atoms with E-state index in [4.69, 9.17) is 0 Å². The molecule has 4 saturated heterocycles. The predicted octanol–water partition coefficient (Wildman–Crippen LogP) is -0.845. The summed E-state index contributed by atoms with van der Waals surface area (Å²) < 4.78 is 0. The Balaban J connectivity index is 1.53. The van der Waals surface area contributed by atoms with Gasteiger partial charge in [-0.15, -0.1) is 23.5 Å². The zero-order valence-electron chi connectivity index (χ0n) is 15.9. The SMILES string of the molecule is CSC12CC3C(=O)CCC(O)C3N1C(=O)C13CC4C(O)CC(S1)C(O)C4N3C2=O. The minimum absolute atomic E-state index is 0.00698. The van der Waals surface area contributed by atoms with Crippen LogP contribution in [0.4, 0.5) is 0 Å². The molecule has 0 radical (unpaired) electrons. The van der Waals surface area contributed by atoms with E-state index in [0.717, 1.165) is 0 Å². The maximum atomic E-state index is 14.1. The minimum atomic E-state index is -1.23. The van der Waals surface area contributed by atoms with E-state index >= 15 is 0 Å². The first-order valence-electron chi connectivity index (χ1n) is 10.2. The Morgan fingerprint density at radius 2 is 1.79 bits per heavy atom. The Hall–Kier alpha value is -0.810. The Labute approximate surface area is 176 Å². The van der Waals surface area contributed by atoms with Gasteiger partial charge in [0.2, 0.25) is 0 Å². The fraction of sp³-hybridized carbons (Fsp3) is 0.842. The van der Waals surface area contributed by atoms with E-state index in [0.29, 0.717) is 19.3 Å². The number of carbonyl (C=O) groups excluding carboxylic acids is 3. The summed E-state index contributed by atoms with van der Waals surface area (Å²) in [7, 11) is 0. The van der Waals surface area contributed by atoms with Gasteiger partial charge in [-0.1, -0.05) is 0 Å². The quantitative estimate of drug-likeness (QED) is 0.483. The lowest BCUT2D eigenvalue weighted by Crippen LogP contribution is -2.77. The number of aliphatic hydroxyl groups is 3. The number of hydrogen-bond donors (Lipinski definition) is 3. The van der Waals surface area contributed by atoms with Gasteiger partial charge in [-0.2, -0.15) is 0 Å². The average Bonchev–Trinajstić information content (AvgIpc) is 3.15. The van der Waals surface area contributed by atoms with Crippen molar-refractivity contribution in [2.75, 3.05) is 6.26 Å². The number of carbonyl (C=O) groups is 3. The predicted molar refractivity (Wildman–Crippen MR) is 105 cm³/mol. The van der Waals surface area contributed by atoms with Crippen LogP contribution in [-0.4, -0.2) is 94.4 Å². The van der Waals surface area contributed by atoms with Gasteiger partial charge in [-0.25, -0.2) is 0 Å². The monoisotopic (exact) mass is 440 g/mol. The summed E-state index contributed by atoms with van der Waals surface area (Å²) in [6.07, 6.45) is 1.00. The lowest BCUT2D eigenvalue weighted by Gasteiger charge is -2.59. The molecule has 0 aromatic rings. The van der Waals surface area contributed by atoms with Crippen molar-refractivity contribution in [3.05, 3.63) is 0 Å². The van der Waals surface area contributed by atoms with E-state index in [1.165, 1.54) is 23.5 Å². The van der Waals surface area contributed by atoms with Gasteiger partial charge in [0, 0.05) is 29.9 Å². The second-order valence-corrected chi connectivity index (χ2v) is 11.9. The van der Waals surface area contributed by atoms with Crippen LogP contribution in [0.5, 0.6) is 0 Å². The first-order valence-corrected chi connectivity index (χ1v) is 12.3. The lowest BCUT2D eigenvalue weighted by atomic mass is 9.80. The zero-order chi connectivity index (χ0) is 20.5. The van der Waals surface area contributed by atoms with Crippen molar-refractivity contribution < 1.29 is 29.7 Å². The molecule has 6 rings (SSSR count). The first-order chi connectivity index (χ1) is 13.8. The number of hydrogen-bond acceptors (Lipinski definition) is 8. The number of nitrogens with zero attached hydrogens (tertiary/aromatic N) is 2. The molecule has 4 aliphatic heterocycles. The van der Waals surface area contributed by atoms with Gasteiger partial charge < -0.3 is 25.1 Å². The largest absolute Gasteiger partial charge is 0.393 e. The molecule has 10 heteroatoms. The van der Waals surface area contributed by atoms with E-state index in [2.05, 4.69) is 0 Å². The average molecular weight is 441 g/mol. The molecule has 6 aliphatic rings. The third-order valence-corrected chi connectivity index (χ3v) is 11.1. The van der Waals surface area contributed by atoms with Crippen LogP contribution in [0.15, 0.2) is 0 Å². The second kappa shape index (κ2) is 5.70. The molecular formula is C19H24N2O6S2. The summed E-state index contributed by atoms with van der Waals surface area (Å²) >= 11 is 2.55. The van der Waals surface area contributed by atoms with Gasteiger partial charge in [0.05, 0.1) is 30.4 Å². The molecule has 2 aliphatic carbocycles. The van der Waals surface area contributed by atoms with Crippen LogP contribution in [0.2, 0.25) is 0 Å². The third-order valence-electron chi connectivity index (χ3n) is 8.22. The van der Waals surface area contributed by atoms with E-state index in [1.54, 1.807) is 16.1 Å². The van der Waals surface area contributed by atoms with Crippen LogP contribution in [0.3, 0.4) is 0 Å². The fourth-order valence-electron chi connectivity index (χ4n) is 6.99. The second-order valence-electron chi connectivity index (χ2n) is 9.31. The summed E-state index contributed by atoms with van der Waals surface area (Å²) in [6.45, 7) is 0. The number of aliphatic hydroxyl groups excluding tert-OH is 3. The summed E-state index contributed by atoms with van der Waals surface area (Å²) in [5.41, 5.74) is 0. The zero-order valence-corrected chi connectivity index (χ0v) is 17.6. The summed E-state index contributed by atoms with van der Waals surface area (Å²) in [5.74, 6) is -1.36. The molecule has 2 amide bonds. The summed E-state index contributed by atoms with van der Waals surface area (Å²) in [4.78, 5) is 41.5. The molecule has 0 aromatic carbocycles. The van der Waals surface area contributed by atoms with Gasteiger partial charge in [-0.3, -0.25) is 14.4 Å². The molecule has 4 heterocycles. The van der Waals surface area contributed by atoms with Crippen LogP contribution in [0.1, 0.15) is 32.1 Å². The molecule has 29 heavy (non-hydrogen) atoms. The number of ketones is 1. The number of rotatable bonds is 1. The molecule has 0 aromatic heterocycles. The molecular weight excluding hydrogens is 416 g/mol. The van der Waals surface area contributed by atoms with Crippen LogP contribution >= 0.6 is 23.5 Å². The van der Waals surface area contributed by atoms with Gasteiger partial charge in [0.25, 0.3) is 11.8 Å². The highest BCUT2D eigenvalue weighted by atomic mass is 32.2. The molecule has 2 saturated carbocycles. The van der Waals surface area contributed by atoms with Crippen LogP contribution < -0.4 is 0 Å². The highest BCUT2D eigenvalue weighted by Gasteiger charge is 2.78. The fourth-order valence-corrected chi connectivity index (χ4v) is 9.91. The molecule has 6 fully saturated rings. The molecule has 8 nitrogen and oxygen atoms in total. The number of amides is 2. The molecule has 3 bridgehead atoms. The van der Waals surface area contributed by atoms with Gasteiger partial charge in [0.1, 0.15) is 5.78 Å². The maximum absolute atomic E-state index is 14.1. The Kier molecular flexibility index (Phi) is 3.72. The Morgan fingerprint density at radius 1 is 1.03 bits per heavy atom. The number of piperazine rings is 1. The highest BCUT2D eigenvalue weighted by molar-refractivity contribution is 8.02. The number of thioether (sulfide) groups is 2. The minimum Gasteiger partial charge on any atom is -0.393 e. The van der Waals surface area contributed by atoms with Gasteiger partial charge in [-0.05, 0) is 25.5 Å². The van der Waals surface area contributed by atoms with Crippen molar-refractivity contribution in [3.63, 3.8) is 0 Å². The first kappa shape index (κ1) is 18.9. The highest BCUT2D eigenvalue weighted by Crippen LogP contribution is 2.65. The van der Waals surface area contributed by atoms with Crippen LogP contribution in [0.25, 0.3) is 0 Å². The van der Waals surface area contributed by atoms with Gasteiger partial charge >= 0.3 is 0 Å². The standard InChI is InChI=1S/C19H24N2O6S2/c1-28-18-5-7-9(22)2-3-10(23)13(7)20(18)17(27)19-6-8-11(24)4-12(29-19)15(25)14(8)21(19)16(18)26/h7-8,10-15,23-25H,2-6H2,1H3. The normalized spacial score (nSPS) is 55.2. The van der Waals surface area contributed by atoms with E-state index in [1.807, 2.05) is 0 Å². The summed E-state index contributed by atoms with van der Waals surface area (Å²) in [5, 5.41) is 31.9.